The molecular formula is C25H36O6. The van der Waals surface area contributed by atoms with Crippen molar-refractivity contribution in [3.63, 3.8) is 0 Å². The predicted molar refractivity (Wildman–Crippen MR) is 115 cm³/mol. The summed E-state index contributed by atoms with van der Waals surface area (Å²) in [5.74, 6) is -2.97. The van der Waals surface area contributed by atoms with Crippen LogP contribution in [0.4, 0.5) is 0 Å². The highest BCUT2D eigenvalue weighted by atomic mass is 16.6. The minimum atomic E-state index is -1.76. The van der Waals surface area contributed by atoms with Crippen molar-refractivity contribution in [3.8, 4) is 0 Å². The van der Waals surface area contributed by atoms with Crippen LogP contribution in [0, 0.1) is 29.6 Å². The van der Waals surface area contributed by atoms with Gasteiger partial charge < -0.3 is 19.7 Å². The van der Waals surface area contributed by atoms with E-state index in [2.05, 4.69) is 6.92 Å². The Hall–Kier alpha value is -1.50. The summed E-state index contributed by atoms with van der Waals surface area (Å²) in [6.07, 6.45) is 5.73. The average molecular weight is 433 g/mol. The van der Waals surface area contributed by atoms with E-state index in [9.17, 15) is 19.8 Å². The Morgan fingerprint density at radius 3 is 2.55 bits per heavy atom. The number of ketones is 1. The van der Waals surface area contributed by atoms with Gasteiger partial charge in [0.05, 0.1) is 5.60 Å². The van der Waals surface area contributed by atoms with Gasteiger partial charge >= 0.3 is 5.97 Å². The molecule has 2 aliphatic heterocycles. The summed E-state index contributed by atoms with van der Waals surface area (Å²) in [6.45, 7) is 11.4. The second kappa shape index (κ2) is 7.26. The molecule has 0 aromatic heterocycles. The van der Waals surface area contributed by atoms with E-state index in [0.717, 1.165) is 18.4 Å². The third kappa shape index (κ3) is 3.33. The molecule has 2 fully saturated rings. The van der Waals surface area contributed by atoms with Gasteiger partial charge in [0.1, 0.15) is 6.10 Å². The minimum Gasteiger partial charge on any atom is -0.455 e. The summed E-state index contributed by atoms with van der Waals surface area (Å²) in [5, 5.41) is 23.8. The molecule has 4 rings (SSSR count). The number of ether oxygens (including phenoxy) is 2. The van der Waals surface area contributed by atoms with Crippen molar-refractivity contribution >= 4 is 11.8 Å². The van der Waals surface area contributed by atoms with Gasteiger partial charge in [-0.1, -0.05) is 27.2 Å². The number of fused-ring (bicyclic) bond motifs is 2. The molecule has 31 heavy (non-hydrogen) atoms. The number of carbonyl (C=O) groups excluding carboxylic acids is 2. The van der Waals surface area contributed by atoms with Crippen molar-refractivity contribution in [1.82, 2.24) is 0 Å². The van der Waals surface area contributed by atoms with E-state index in [4.69, 9.17) is 9.47 Å². The summed E-state index contributed by atoms with van der Waals surface area (Å²) in [7, 11) is 0. The van der Waals surface area contributed by atoms with Crippen LogP contribution in [0.2, 0.25) is 0 Å². The molecule has 0 saturated heterocycles. The van der Waals surface area contributed by atoms with E-state index in [1.165, 1.54) is 6.08 Å². The van der Waals surface area contributed by atoms with Crippen LogP contribution in [0.15, 0.2) is 23.3 Å². The van der Waals surface area contributed by atoms with E-state index < -0.39 is 22.9 Å². The smallest absolute Gasteiger partial charge is 0.331 e. The normalized spacial score (nSPS) is 44.3. The number of aliphatic hydroxyl groups is 2. The quantitative estimate of drug-likeness (QED) is 0.511. The van der Waals surface area contributed by atoms with Crippen molar-refractivity contribution in [2.45, 2.75) is 90.3 Å². The van der Waals surface area contributed by atoms with Crippen molar-refractivity contribution < 1.29 is 29.3 Å². The van der Waals surface area contributed by atoms with Gasteiger partial charge in [-0.15, -0.1) is 0 Å². The Bertz CT molecular complexity index is 856. The second-order valence-corrected chi connectivity index (χ2v) is 10.9. The van der Waals surface area contributed by atoms with Gasteiger partial charge in [-0.05, 0) is 63.5 Å². The van der Waals surface area contributed by atoms with Gasteiger partial charge in [-0.2, -0.15) is 0 Å². The molecule has 0 amide bonds. The Balaban J connectivity index is 1.65. The molecule has 0 aromatic rings. The first kappa shape index (κ1) is 22.7. The molecule has 4 aliphatic rings. The first-order chi connectivity index (χ1) is 14.3. The number of cyclic esters (lactones) is 1. The number of rotatable bonds is 5. The monoisotopic (exact) mass is 432 g/mol. The minimum absolute atomic E-state index is 0.00756. The van der Waals surface area contributed by atoms with Gasteiger partial charge in [0.2, 0.25) is 0 Å². The van der Waals surface area contributed by atoms with Crippen molar-refractivity contribution in [2.24, 2.45) is 29.6 Å². The largest absolute Gasteiger partial charge is 0.455 e. The summed E-state index contributed by atoms with van der Waals surface area (Å²) in [6, 6.07) is 0. The third-order valence-electron chi connectivity index (χ3n) is 8.28. The van der Waals surface area contributed by atoms with Gasteiger partial charge in [0, 0.05) is 29.4 Å². The molecule has 6 nitrogen and oxygen atoms in total. The van der Waals surface area contributed by atoms with Crippen LogP contribution in [0.5, 0.6) is 0 Å². The third-order valence-corrected chi connectivity index (χ3v) is 8.28. The average Bonchev–Trinajstić information content (AvgIpc) is 3.30. The maximum Gasteiger partial charge on any atom is 0.331 e. The SMILES string of the molecule is CC1=CC(=O)O[C@@H]1CC[C@H](C)C(=O)[C@@]1(O)C2=CC(C)(C)O[C@]2(O)[C@H](C)[C@H]2CC[C@@H](C)[C@@H]21. The zero-order valence-electron chi connectivity index (χ0n) is 19.5. The number of hydrogen-bond donors (Lipinski definition) is 2. The Morgan fingerprint density at radius 2 is 1.94 bits per heavy atom. The van der Waals surface area contributed by atoms with Crippen molar-refractivity contribution in [2.75, 3.05) is 0 Å². The fourth-order valence-corrected chi connectivity index (χ4v) is 6.68. The summed E-state index contributed by atoms with van der Waals surface area (Å²) < 4.78 is 11.4. The molecule has 0 radical (unpaired) electrons. The highest BCUT2D eigenvalue weighted by Crippen LogP contribution is 2.62. The van der Waals surface area contributed by atoms with Crippen LogP contribution in [0.3, 0.4) is 0 Å². The lowest BCUT2D eigenvalue weighted by molar-refractivity contribution is -0.269. The number of Topliss-reactive ketones (excluding diaryl/α,β-unsaturated/α-hetero) is 1. The van der Waals surface area contributed by atoms with Gasteiger partial charge in [-0.3, -0.25) is 4.79 Å². The van der Waals surface area contributed by atoms with Crippen LogP contribution >= 0.6 is 0 Å². The first-order valence-corrected chi connectivity index (χ1v) is 11.6. The second-order valence-electron chi connectivity index (χ2n) is 10.9. The molecule has 2 N–H and O–H groups in total. The molecular weight excluding hydrogens is 396 g/mol. The summed E-state index contributed by atoms with van der Waals surface area (Å²) in [5.41, 5.74) is -1.33. The molecule has 8 atom stereocenters. The fraction of sp³-hybridized carbons (Fsp3) is 0.760. The van der Waals surface area contributed by atoms with Crippen LogP contribution < -0.4 is 0 Å². The van der Waals surface area contributed by atoms with Crippen LogP contribution in [-0.4, -0.2) is 45.1 Å². The molecule has 2 saturated carbocycles. The molecule has 0 bridgehead atoms. The fourth-order valence-electron chi connectivity index (χ4n) is 6.68. The van der Waals surface area contributed by atoms with Crippen molar-refractivity contribution in [1.29, 1.82) is 0 Å². The van der Waals surface area contributed by atoms with E-state index in [-0.39, 0.29) is 41.5 Å². The molecule has 0 spiro atoms. The van der Waals surface area contributed by atoms with Crippen LogP contribution in [0.1, 0.15) is 67.2 Å². The van der Waals surface area contributed by atoms with Crippen LogP contribution in [0.25, 0.3) is 0 Å². The standard InChI is InChI=1S/C25H36O6/c1-13-7-9-17-16(4)25(29)19(12-23(5,6)31-25)24(28,21(13)17)22(27)14(2)8-10-18-15(3)11-20(26)30-18/h11-14,16-18,21,28-29H,7-10H2,1-6H3/t13-,14+,16-,17-,18-,21+,24-,25-/m1/s1. The lowest BCUT2D eigenvalue weighted by Gasteiger charge is -2.53. The molecule has 0 aromatic carbocycles. The highest BCUT2D eigenvalue weighted by Gasteiger charge is 2.69. The zero-order valence-corrected chi connectivity index (χ0v) is 19.5. The van der Waals surface area contributed by atoms with Gasteiger partial charge in [-0.25, -0.2) is 4.79 Å². The lowest BCUT2D eigenvalue weighted by Crippen LogP contribution is -2.65. The zero-order chi connectivity index (χ0) is 22.9. The number of esters is 1. The van der Waals surface area contributed by atoms with E-state index in [1.807, 2.05) is 34.6 Å². The first-order valence-electron chi connectivity index (χ1n) is 11.6. The molecule has 0 unspecified atom stereocenters. The Labute approximate surface area is 184 Å². The summed E-state index contributed by atoms with van der Waals surface area (Å²) in [4.78, 5) is 25.4. The van der Waals surface area contributed by atoms with Gasteiger partial charge in [0.15, 0.2) is 17.2 Å². The molecule has 6 heteroatoms. The lowest BCUT2D eigenvalue weighted by atomic mass is 9.56. The topological polar surface area (TPSA) is 93.1 Å². The van der Waals surface area contributed by atoms with Crippen LogP contribution in [-0.2, 0) is 19.1 Å². The number of hydrogen-bond acceptors (Lipinski definition) is 6. The maximum absolute atomic E-state index is 13.9. The molecule has 172 valence electrons. The number of carbonyl (C=O) groups is 2. The summed E-state index contributed by atoms with van der Waals surface area (Å²) >= 11 is 0. The van der Waals surface area contributed by atoms with E-state index >= 15 is 0 Å². The Kier molecular flexibility index (Phi) is 5.31. The highest BCUT2D eigenvalue weighted by molar-refractivity contribution is 5.93. The van der Waals surface area contributed by atoms with Gasteiger partial charge in [0.25, 0.3) is 0 Å². The maximum atomic E-state index is 13.9. The Morgan fingerprint density at radius 1 is 1.26 bits per heavy atom. The molecule has 2 heterocycles. The molecule has 2 aliphatic carbocycles. The predicted octanol–water partition coefficient (Wildman–Crippen LogP) is 3.31. The van der Waals surface area contributed by atoms with Crippen molar-refractivity contribution in [3.05, 3.63) is 23.3 Å². The van der Waals surface area contributed by atoms with E-state index in [0.29, 0.717) is 18.4 Å². The van der Waals surface area contributed by atoms with E-state index in [1.54, 1.807) is 6.08 Å².